The zero-order valence-corrected chi connectivity index (χ0v) is 16.7. The molecule has 0 bridgehead atoms. The normalized spacial score (nSPS) is 11.7. The Kier molecular flexibility index (Phi) is 8.01. The predicted molar refractivity (Wildman–Crippen MR) is 108 cm³/mol. The first kappa shape index (κ1) is 21.4. The van der Waals surface area contributed by atoms with Gasteiger partial charge in [-0.1, -0.05) is 26.0 Å². The van der Waals surface area contributed by atoms with Crippen molar-refractivity contribution in [2.45, 2.75) is 26.3 Å². The van der Waals surface area contributed by atoms with Crippen LogP contribution in [0.25, 0.3) is 0 Å². The van der Waals surface area contributed by atoms with Crippen LogP contribution in [0.4, 0.5) is 0 Å². The summed E-state index contributed by atoms with van der Waals surface area (Å²) in [5.41, 5.74) is 0.375. The van der Waals surface area contributed by atoms with Gasteiger partial charge >= 0.3 is 0 Å². The van der Waals surface area contributed by atoms with Crippen molar-refractivity contribution < 1.29 is 19.5 Å². The number of carbonyl (C=O) groups excluding carboxylic acids is 3. The lowest BCUT2D eigenvalue weighted by atomic mass is 10.0. The van der Waals surface area contributed by atoms with Crippen LogP contribution in [0.2, 0.25) is 0 Å². The Labute approximate surface area is 168 Å². The van der Waals surface area contributed by atoms with Crippen LogP contribution < -0.4 is 16.0 Å². The van der Waals surface area contributed by atoms with Crippen molar-refractivity contribution in [3.8, 4) is 5.75 Å². The molecule has 0 aliphatic heterocycles. The molecule has 0 radical (unpaired) electrons. The first-order chi connectivity index (χ1) is 13.4. The number of amides is 3. The number of rotatable bonds is 9. The summed E-state index contributed by atoms with van der Waals surface area (Å²) in [7, 11) is 0. The van der Waals surface area contributed by atoms with Crippen molar-refractivity contribution in [1.82, 2.24) is 16.0 Å². The third-order valence-corrected chi connectivity index (χ3v) is 4.90. The van der Waals surface area contributed by atoms with Gasteiger partial charge in [0.2, 0.25) is 5.91 Å². The minimum atomic E-state index is -0.628. The molecule has 0 saturated carbocycles. The van der Waals surface area contributed by atoms with Gasteiger partial charge in [-0.25, -0.2) is 0 Å². The summed E-state index contributed by atoms with van der Waals surface area (Å²) in [6.07, 6.45) is 0.542. The number of thiophene rings is 1. The molecule has 0 spiro atoms. The third-order valence-electron chi connectivity index (χ3n) is 4.03. The predicted octanol–water partition coefficient (Wildman–Crippen LogP) is 2.14. The van der Waals surface area contributed by atoms with Crippen LogP contribution >= 0.6 is 11.3 Å². The zero-order chi connectivity index (χ0) is 20.5. The number of aromatic hydroxyl groups is 1. The van der Waals surface area contributed by atoms with Gasteiger partial charge in [-0.05, 0) is 42.0 Å². The number of benzene rings is 1. The summed E-state index contributed by atoms with van der Waals surface area (Å²) in [6, 6.07) is 8.97. The molecule has 4 N–H and O–H groups in total. The highest BCUT2D eigenvalue weighted by Gasteiger charge is 2.24. The van der Waals surface area contributed by atoms with Crippen molar-refractivity contribution in [2.75, 3.05) is 13.1 Å². The summed E-state index contributed by atoms with van der Waals surface area (Å²) in [5.74, 6) is -0.828. The summed E-state index contributed by atoms with van der Waals surface area (Å²) < 4.78 is 0. The fourth-order valence-corrected chi connectivity index (χ4v) is 3.14. The molecule has 0 aliphatic carbocycles. The van der Waals surface area contributed by atoms with Crippen LogP contribution in [-0.4, -0.2) is 42.0 Å². The number of hydrogen-bond acceptors (Lipinski definition) is 5. The van der Waals surface area contributed by atoms with Gasteiger partial charge in [0, 0.05) is 18.7 Å². The average molecular weight is 404 g/mol. The molecule has 7 nitrogen and oxygen atoms in total. The van der Waals surface area contributed by atoms with E-state index in [-0.39, 0.29) is 29.4 Å². The van der Waals surface area contributed by atoms with Gasteiger partial charge in [0.1, 0.15) is 11.8 Å². The fraction of sp³-hybridized carbons (Fsp3) is 0.350. The Hall–Kier alpha value is -2.87. The quantitative estimate of drug-likeness (QED) is 0.481. The second-order valence-corrected chi connectivity index (χ2v) is 7.57. The van der Waals surface area contributed by atoms with Crippen LogP contribution in [0.15, 0.2) is 41.8 Å². The van der Waals surface area contributed by atoms with Crippen molar-refractivity contribution in [1.29, 1.82) is 0 Å². The Morgan fingerprint density at radius 1 is 1.04 bits per heavy atom. The van der Waals surface area contributed by atoms with E-state index in [0.29, 0.717) is 30.0 Å². The third kappa shape index (κ3) is 6.38. The van der Waals surface area contributed by atoms with Crippen molar-refractivity contribution in [3.05, 3.63) is 52.2 Å². The summed E-state index contributed by atoms with van der Waals surface area (Å²) in [6.45, 7) is 4.49. The zero-order valence-electron chi connectivity index (χ0n) is 15.9. The molecule has 2 aromatic rings. The van der Waals surface area contributed by atoms with Crippen molar-refractivity contribution in [2.24, 2.45) is 5.92 Å². The van der Waals surface area contributed by atoms with E-state index in [4.69, 9.17) is 0 Å². The number of phenols is 1. The van der Waals surface area contributed by atoms with Gasteiger partial charge < -0.3 is 21.1 Å². The molecule has 28 heavy (non-hydrogen) atoms. The van der Waals surface area contributed by atoms with Crippen LogP contribution in [-0.2, 0) is 4.79 Å². The summed E-state index contributed by atoms with van der Waals surface area (Å²) in [4.78, 5) is 37.1. The number of nitrogens with one attached hydrogen (secondary N) is 3. The molecule has 2 rings (SSSR count). The van der Waals surface area contributed by atoms with E-state index in [2.05, 4.69) is 16.0 Å². The first-order valence-electron chi connectivity index (χ1n) is 9.08. The van der Waals surface area contributed by atoms with Crippen molar-refractivity contribution in [3.63, 3.8) is 0 Å². The SMILES string of the molecule is CC(C)C(NC(=O)c1cccs1)C(=O)NCCCNC(=O)c1cccc(O)c1. The minimum Gasteiger partial charge on any atom is -0.508 e. The van der Waals surface area contributed by atoms with Gasteiger partial charge in [-0.15, -0.1) is 11.3 Å². The van der Waals surface area contributed by atoms with Gasteiger partial charge in [-0.2, -0.15) is 0 Å². The van der Waals surface area contributed by atoms with E-state index in [0.717, 1.165) is 0 Å². The van der Waals surface area contributed by atoms with Gasteiger partial charge in [-0.3, -0.25) is 14.4 Å². The number of hydrogen-bond donors (Lipinski definition) is 4. The minimum absolute atomic E-state index is 0.0317. The average Bonchev–Trinajstić information content (AvgIpc) is 3.20. The van der Waals surface area contributed by atoms with E-state index >= 15 is 0 Å². The lowest BCUT2D eigenvalue weighted by Gasteiger charge is -2.21. The molecule has 150 valence electrons. The lowest BCUT2D eigenvalue weighted by molar-refractivity contribution is -0.123. The molecule has 1 aromatic carbocycles. The van der Waals surface area contributed by atoms with E-state index in [1.54, 1.807) is 24.3 Å². The summed E-state index contributed by atoms with van der Waals surface area (Å²) in [5, 5.41) is 19.5. The monoisotopic (exact) mass is 403 g/mol. The molecular formula is C20H25N3O4S. The molecule has 1 aromatic heterocycles. The Morgan fingerprint density at radius 2 is 1.79 bits per heavy atom. The highest BCUT2D eigenvalue weighted by Crippen LogP contribution is 2.11. The maximum atomic E-state index is 12.4. The molecule has 1 unspecified atom stereocenters. The van der Waals surface area contributed by atoms with E-state index in [1.807, 2.05) is 19.2 Å². The van der Waals surface area contributed by atoms with E-state index < -0.39 is 6.04 Å². The second-order valence-electron chi connectivity index (χ2n) is 6.62. The molecule has 1 heterocycles. The molecule has 1 atom stereocenters. The Morgan fingerprint density at radius 3 is 2.43 bits per heavy atom. The maximum Gasteiger partial charge on any atom is 0.262 e. The lowest BCUT2D eigenvalue weighted by Crippen LogP contribution is -2.50. The number of carbonyl (C=O) groups is 3. The van der Waals surface area contributed by atoms with Gasteiger partial charge in [0.15, 0.2) is 0 Å². The smallest absolute Gasteiger partial charge is 0.262 e. The molecule has 3 amide bonds. The molecule has 0 aliphatic rings. The molecule has 0 fully saturated rings. The largest absolute Gasteiger partial charge is 0.508 e. The van der Waals surface area contributed by atoms with E-state index in [9.17, 15) is 19.5 Å². The standard InChI is InChI=1S/C20H25N3O4S/c1-13(2)17(23-19(26)16-8-4-11-28-16)20(27)22-10-5-9-21-18(25)14-6-3-7-15(24)12-14/h3-4,6-8,11-13,17,24H,5,9-10H2,1-2H3,(H,21,25)(H,22,27)(H,23,26). The second kappa shape index (κ2) is 10.5. The molecule has 0 saturated heterocycles. The van der Waals surface area contributed by atoms with Crippen LogP contribution in [0.1, 0.15) is 40.3 Å². The molecular weight excluding hydrogens is 378 g/mol. The topological polar surface area (TPSA) is 108 Å². The molecule has 8 heteroatoms. The van der Waals surface area contributed by atoms with Gasteiger partial charge in [0.25, 0.3) is 11.8 Å². The maximum absolute atomic E-state index is 12.4. The van der Waals surface area contributed by atoms with Crippen LogP contribution in [0.3, 0.4) is 0 Å². The van der Waals surface area contributed by atoms with Gasteiger partial charge in [0.05, 0.1) is 4.88 Å². The van der Waals surface area contributed by atoms with E-state index in [1.165, 1.54) is 23.5 Å². The summed E-state index contributed by atoms with van der Waals surface area (Å²) >= 11 is 1.32. The highest BCUT2D eigenvalue weighted by atomic mass is 32.1. The fourth-order valence-electron chi connectivity index (χ4n) is 2.52. The first-order valence-corrected chi connectivity index (χ1v) is 9.95. The Bertz CT molecular complexity index is 806. The highest BCUT2D eigenvalue weighted by molar-refractivity contribution is 7.12. The van der Waals surface area contributed by atoms with Crippen LogP contribution in [0.5, 0.6) is 5.75 Å². The van der Waals surface area contributed by atoms with Crippen molar-refractivity contribution >= 4 is 29.1 Å². The van der Waals surface area contributed by atoms with Crippen LogP contribution in [0, 0.1) is 5.92 Å². The number of phenolic OH excluding ortho intramolecular Hbond substituents is 1. The Balaban J connectivity index is 1.73.